The van der Waals surface area contributed by atoms with E-state index in [1.165, 1.54) is 11.1 Å². The minimum absolute atomic E-state index is 0.0498. The summed E-state index contributed by atoms with van der Waals surface area (Å²) >= 11 is 5.93. The largest absolute Gasteiger partial charge is 0.351 e. The number of thiocarbonyl (C=S) groups is 1. The molecule has 1 aliphatic heterocycles. The van der Waals surface area contributed by atoms with Crippen molar-refractivity contribution in [3.63, 3.8) is 0 Å². The van der Waals surface area contributed by atoms with Crippen LogP contribution in [0.15, 0.2) is 73.1 Å². The predicted molar refractivity (Wildman–Crippen MR) is 146 cm³/mol. The average Bonchev–Trinajstić information content (AvgIpc) is 3.35. The molecule has 1 aliphatic rings. The first-order chi connectivity index (χ1) is 16.9. The maximum absolute atomic E-state index is 5.93. The zero-order valence-electron chi connectivity index (χ0n) is 20.9. The molecule has 1 aromatic carbocycles. The standard InChI is InChI=1S/C29H31N5S/c1-18(2)22-11-13-23(14-12-22)34-27(26(32-29(34)35)25-10-6-7-15-30-25)24-17-20(4)33(21(24)5)28-19(3)9-8-16-31-28/h6-18,26-27H,1-5H3,(H,32,35)/t26-,27+/m1/s1. The lowest BCUT2D eigenvalue weighted by Gasteiger charge is -2.28. The van der Waals surface area contributed by atoms with E-state index in [9.17, 15) is 0 Å². The third-order valence-electron chi connectivity index (χ3n) is 6.92. The van der Waals surface area contributed by atoms with Crippen molar-refractivity contribution in [3.8, 4) is 5.82 Å². The second kappa shape index (κ2) is 9.27. The first-order valence-electron chi connectivity index (χ1n) is 12.1. The smallest absolute Gasteiger partial charge is 0.174 e. The van der Waals surface area contributed by atoms with Crippen molar-refractivity contribution in [2.75, 3.05) is 4.90 Å². The van der Waals surface area contributed by atoms with Gasteiger partial charge in [0.25, 0.3) is 0 Å². The van der Waals surface area contributed by atoms with E-state index in [1.54, 1.807) is 0 Å². The van der Waals surface area contributed by atoms with Gasteiger partial charge in [-0.25, -0.2) is 4.98 Å². The molecule has 0 spiro atoms. The third kappa shape index (κ3) is 4.12. The summed E-state index contributed by atoms with van der Waals surface area (Å²) in [6, 6.07) is 21.0. The highest BCUT2D eigenvalue weighted by Gasteiger charge is 2.42. The van der Waals surface area contributed by atoms with E-state index < -0.39 is 0 Å². The summed E-state index contributed by atoms with van der Waals surface area (Å²) < 4.78 is 2.25. The summed E-state index contributed by atoms with van der Waals surface area (Å²) in [5.41, 5.74) is 8.02. The van der Waals surface area contributed by atoms with E-state index in [0.29, 0.717) is 11.0 Å². The Morgan fingerprint density at radius 2 is 1.66 bits per heavy atom. The Labute approximate surface area is 212 Å². The van der Waals surface area contributed by atoms with Crippen molar-refractivity contribution < 1.29 is 0 Å². The lowest BCUT2D eigenvalue weighted by atomic mass is 9.96. The van der Waals surface area contributed by atoms with Crippen LogP contribution in [-0.4, -0.2) is 19.6 Å². The lowest BCUT2D eigenvalue weighted by Crippen LogP contribution is -2.29. The van der Waals surface area contributed by atoms with Gasteiger partial charge in [0.05, 0.1) is 17.8 Å². The lowest BCUT2D eigenvalue weighted by molar-refractivity contribution is 0.565. The number of hydrogen-bond acceptors (Lipinski definition) is 3. The number of rotatable bonds is 5. The molecule has 4 aromatic rings. The molecule has 5 rings (SSSR count). The van der Waals surface area contributed by atoms with Crippen molar-refractivity contribution in [2.24, 2.45) is 0 Å². The number of pyridine rings is 2. The zero-order valence-corrected chi connectivity index (χ0v) is 21.7. The van der Waals surface area contributed by atoms with Crippen LogP contribution in [0.2, 0.25) is 0 Å². The van der Waals surface area contributed by atoms with Gasteiger partial charge < -0.3 is 14.8 Å². The summed E-state index contributed by atoms with van der Waals surface area (Å²) in [4.78, 5) is 11.6. The van der Waals surface area contributed by atoms with Crippen LogP contribution in [0.4, 0.5) is 5.69 Å². The molecule has 1 N–H and O–H groups in total. The first-order valence-corrected chi connectivity index (χ1v) is 12.5. The van der Waals surface area contributed by atoms with Gasteiger partial charge >= 0.3 is 0 Å². The minimum Gasteiger partial charge on any atom is -0.351 e. The van der Waals surface area contributed by atoms with Crippen molar-refractivity contribution in [3.05, 3.63) is 107 Å². The summed E-state index contributed by atoms with van der Waals surface area (Å²) in [7, 11) is 0. The second-order valence-electron chi connectivity index (χ2n) is 9.55. The van der Waals surface area contributed by atoms with Gasteiger partial charge in [0.1, 0.15) is 5.82 Å². The molecule has 3 aromatic heterocycles. The first kappa shape index (κ1) is 23.2. The molecule has 0 amide bonds. The highest BCUT2D eigenvalue weighted by atomic mass is 32.1. The van der Waals surface area contributed by atoms with E-state index in [2.05, 4.69) is 91.9 Å². The van der Waals surface area contributed by atoms with Gasteiger partial charge in [0, 0.05) is 29.5 Å². The Hall–Kier alpha value is -3.51. The monoisotopic (exact) mass is 481 g/mol. The SMILES string of the molecule is Cc1cccnc1-n1c(C)cc([C@H]2[C@@H](c3ccccn3)NC(=S)N2c2ccc(C(C)C)cc2)c1C. The number of aryl methyl sites for hydroxylation is 2. The van der Waals surface area contributed by atoms with Gasteiger partial charge in [-0.2, -0.15) is 0 Å². The maximum atomic E-state index is 5.93. The fourth-order valence-corrected chi connectivity index (χ4v) is 5.44. The Balaban J connectivity index is 1.67. The van der Waals surface area contributed by atoms with Crippen LogP contribution >= 0.6 is 12.2 Å². The number of aromatic nitrogens is 3. The van der Waals surface area contributed by atoms with Crippen LogP contribution in [0.5, 0.6) is 0 Å². The molecule has 0 radical (unpaired) electrons. The molecule has 6 heteroatoms. The quantitative estimate of drug-likeness (QED) is 0.330. The summed E-state index contributed by atoms with van der Waals surface area (Å²) in [6.45, 7) is 10.8. The molecule has 5 nitrogen and oxygen atoms in total. The van der Waals surface area contributed by atoms with E-state index in [0.717, 1.165) is 34.2 Å². The Bertz CT molecular complexity index is 1360. The van der Waals surface area contributed by atoms with Crippen molar-refractivity contribution in [1.29, 1.82) is 0 Å². The minimum atomic E-state index is -0.0766. The van der Waals surface area contributed by atoms with Crippen molar-refractivity contribution in [1.82, 2.24) is 19.9 Å². The Morgan fingerprint density at radius 1 is 0.914 bits per heavy atom. The Kier molecular flexibility index (Phi) is 6.15. The molecule has 0 aliphatic carbocycles. The fraction of sp³-hybridized carbons (Fsp3) is 0.276. The normalized spacial score (nSPS) is 17.8. The summed E-state index contributed by atoms with van der Waals surface area (Å²) in [5.74, 6) is 1.44. The highest BCUT2D eigenvalue weighted by Crippen LogP contribution is 2.44. The van der Waals surface area contributed by atoms with Gasteiger partial charge in [-0.3, -0.25) is 4.98 Å². The molecule has 178 valence electrons. The van der Waals surface area contributed by atoms with Gasteiger partial charge in [0.2, 0.25) is 0 Å². The number of hydrogen-bond donors (Lipinski definition) is 1. The Morgan fingerprint density at radius 3 is 2.31 bits per heavy atom. The van der Waals surface area contributed by atoms with Gasteiger partial charge in [-0.15, -0.1) is 0 Å². The number of anilines is 1. The molecule has 0 bridgehead atoms. The molecule has 2 atom stereocenters. The molecular weight excluding hydrogens is 450 g/mol. The van der Waals surface area contributed by atoms with Crippen LogP contribution in [0.1, 0.15) is 65.6 Å². The fourth-order valence-electron chi connectivity index (χ4n) is 5.09. The molecule has 0 saturated carbocycles. The third-order valence-corrected chi connectivity index (χ3v) is 7.23. The second-order valence-corrected chi connectivity index (χ2v) is 9.94. The summed E-state index contributed by atoms with van der Waals surface area (Å²) in [5, 5.41) is 4.29. The van der Waals surface area contributed by atoms with Crippen LogP contribution in [-0.2, 0) is 0 Å². The van der Waals surface area contributed by atoms with Crippen molar-refractivity contribution in [2.45, 2.75) is 52.6 Å². The molecule has 0 unspecified atom stereocenters. The topological polar surface area (TPSA) is 46.0 Å². The van der Waals surface area contributed by atoms with E-state index >= 15 is 0 Å². The zero-order chi connectivity index (χ0) is 24.7. The van der Waals surface area contributed by atoms with Gasteiger partial charge in [-0.1, -0.05) is 38.1 Å². The van der Waals surface area contributed by atoms with Crippen LogP contribution in [0.25, 0.3) is 5.82 Å². The number of nitrogens with one attached hydrogen (secondary N) is 1. The molecule has 1 saturated heterocycles. The van der Waals surface area contributed by atoms with Gasteiger partial charge in [-0.05, 0) is 92.0 Å². The predicted octanol–water partition coefficient (Wildman–Crippen LogP) is 6.49. The van der Waals surface area contributed by atoms with E-state index in [4.69, 9.17) is 22.2 Å². The molecule has 1 fully saturated rings. The van der Waals surface area contributed by atoms with Crippen molar-refractivity contribution >= 4 is 23.0 Å². The molecule has 35 heavy (non-hydrogen) atoms. The van der Waals surface area contributed by atoms with Crippen LogP contribution in [0, 0.1) is 20.8 Å². The van der Waals surface area contributed by atoms with Crippen LogP contribution in [0.3, 0.4) is 0 Å². The molecule has 4 heterocycles. The summed E-state index contributed by atoms with van der Waals surface area (Å²) in [6.07, 6.45) is 3.70. The van der Waals surface area contributed by atoms with Crippen LogP contribution < -0.4 is 10.2 Å². The van der Waals surface area contributed by atoms with E-state index in [-0.39, 0.29) is 12.1 Å². The maximum Gasteiger partial charge on any atom is 0.174 e. The van der Waals surface area contributed by atoms with E-state index in [1.807, 2.05) is 30.6 Å². The number of nitrogens with zero attached hydrogens (tertiary/aromatic N) is 4. The highest BCUT2D eigenvalue weighted by molar-refractivity contribution is 7.80. The molecular formula is C29H31N5S. The van der Waals surface area contributed by atoms with Gasteiger partial charge in [0.15, 0.2) is 5.11 Å². The number of benzene rings is 1. The average molecular weight is 482 g/mol.